The van der Waals surface area contributed by atoms with E-state index >= 15 is 0 Å². The van der Waals surface area contributed by atoms with Crippen molar-refractivity contribution in [3.63, 3.8) is 0 Å². The van der Waals surface area contributed by atoms with Gasteiger partial charge in [0.2, 0.25) is 5.88 Å². The maximum absolute atomic E-state index is 11.0. The molecule has 12 heavy (non-hydrogen) atoms. The zero-order valence-corrected chi connectivity index (χ0v) is 6.44. The topological polar surface area (TPSA) is 59.4 Å². The molecule has 0 bridgehead atoms. The third-order valence-corrected chi connectivity index (χ3v) is 1.58. The summed E-state index contributed by atoms with van der Waals surface area (Å²) < 4.78 is 6.11. The molecule has 0 atom stereocenters. The number of nitrogens with zero attached hydrogens (tertiary/aromatic N) is 2. The summed E-state index contributed by atoms with van der Waals surface area (Å²) in [6, 6.07) is 3.45. The maximum Gasteiger partial charge on any atom is 0.346 e. The lowest BCUT2D eigenvalue weighted by Crippen LogP contribution is -2.12. The van der Waals surface area contributed by atoms with E-state index < -0.39 is 0 Å². The van der Waals surface area contributed by atoms with Crippen molar-refractivity contribution in [1.29, 1.82) is 0 Å². The second-order valence-corrected chi connectivity index (χ2v) is 2.31. The third-order valence-electron chi connectivity index (χ3n) is 1.58. The van der Waals surface area contributed by atoms with Crippen LogP contribution in [0.2, 0.25) is 0 Å². The Bertz CT molecular complexity index is 457. The van der Waals surface area contributed by atoms with Crippen molar-refractivity contribution in [1.82, 2.24) is 14.6 Å². The van der Waals surface area contributed by atoms with Gasteiger partial charge in [-0.1, -0.05) is 0 Å². The first-order valence-electron chi connectivity index (χ1n) is 3.43. The molecule has 2 rings (SSSR count). The van der Waals surface area contributed by atoms with E-state index in [1.54, 1.807) is 18.3 Å². The Labute approximate surface area is 67.6 Å². The van der Waals surface area contributed by atoms with Gasteiger partial charge < -0.3 is 9.72 Å². The number of hydrogen-bond acceptors (Lipinski definition) is 3. The fourth-order valence-electron chi connectivity index (χ4n) is 0.995. The fourth-order valence-corrected chi connectivity index (χ4v) is 0.995. The molecule has 0 amide bonds. The van der Waals surface area contributed by atoms with Gasteiger partial charge >= 0.3 is 5.69 Å². The Balaban J connectivity index is 2.80. The summed E-state index contributed by atoms with van der Waals surface area (Å²) >= 11 is 0. The van der Waals surface area contributed by atoms with E-state index in [0.717, 1.165) is 5.52 Å². The van der Waals surface area contributed by atoms with E-state index in [1.165, 1.54) is 11.6 Å². The minimum Gasteiger partial charge on any atom is -0.480 e. The summed E-state index contributed by atoms with van der Waals surface area (Å²) in [4.78, 5) is 13.6. The van der Waals surface area contributed by atoms with Gasteiger partial charge in [-0.2, -0.15) is 4.52 Å². The number of methoxy groups -OCH3 is 1. The molecule has 5 heteroatoms. The van der Waals surface area contributed by atoms with Crippen molar-refractivity contribution in [2.75, 3.05) is 7.11 Å². The highest BCUT2D eigenvalue weighted by molar-refractivity contribution is 5.43. The molecule has 5 nitrogen and oxygen atoms in total. The Morgan fingerprint density at radius 2 is 2.42 bits per heavy atom. The standard InChI is InChI=1S/C7H7N3O2/c1-12-6-3-2-5-4-8-7(11)10(5)9-6/h2-4H,1H3,(H,8,11). The second kappa shape index (κ2) is 2.37. The van der Waals surface area contributed by atoms with Crippen molar-refractivity contribution < 1.29 is 4.74 Å². The highest BCUT2D eigenvalue weighted by Crippen LogP contribution is 2.04. The summed E-state index contributed by atoms with van der Waals surface area (Å²) in [5.74, 6) is 0.421. The van der Waals surface area contributed by atoms with Gasteiger partial charge in [-0.25, -0.2) is 4.79 Å². The minimum absolute atomic E-state index is 0.260. The lowest BCUT2D eigenvalue weighted by Gasteiger charge is -1.96. The molecule has 0 fully saturated rings. The van der Waals surface area contributed by atoms with Crippen LogP contribution in [0.15, 0.2) is 23.1 Å². The number of nitrogens with one attached hydrogen (secondary N) is 1. The number of H-pyrrole nitrogens is 1. The molecule has 2 aromatic rings. The molecule has 0 aliphatic heterocycles. The maximum atomic E-state index is 11.0. The molecule has 2 aromatic heterocycles. The van der Waals surface area contributed by atoms with Crippen LogP contribution in [-0.2, 0) is 0 Å². The van der Waals surface area contributed by atoms with Crippen LogP contribution in [0.5, 0.6) is 5.88 Å². The highest BCUT2D eigenvalue weighted by Gasteiger charge is 1.99. The van der Waals surface area contributed by atoms with Crippen LogP contribution in [0, 0.1) is 0 Å². The first-order valence-corrected chi connectivity index (χ1v) is 3.43. The third kappa shape index (κ3) is 0.868. The minimum atomic E-state index is -0.260. The quantitative estimate of drug-likeness (QED) is 0.648. The van der Waals surface area contributed by atoms with Crippen LogP contribution in [0.3, 0.4) is 0 Å². The van der Waals surface area contributed by atoms with Crippen LogP contribution >= 0.6 is 0 Å². The predicted octanol–water partition coefficient (Wildman–Crippen LogP) is 0.0312. The first kappa shape index (κ1) is 6.90. The molecule has 0 aromatic carbocycles. The average molecular weight is 165 g/mol. The number of fused-ring (bicyclic) bond motifs is 1. The van der Waals surface area contributed by atoms with Gasteiger partial charge in [0.15, 0.2) is 0 Å². The fraction of sp³-hybridized carbons (Fsp3) is 0.143. The van der Waals surface area contributed by atoms with E-state index in [9.17, 15) is 4.79 Å². The van der Waals surface area contributed by atoms with Crippen LogP contribution in [0.25, 0.3) is 5.52 Å². The second-order valence-electron chi connectivity index (χ2n) is 2.31. The van der Waals surface area contributed by atoms with Crippen molar-refractivity contribution >= 4 is 5.52 Å². The van der Waals surface area contributed by atoms with Crippen molar-refractivity contribution in [3.05, 3.63) is 28.8 Å². The van der Waals surface area contributed by atoms with Gasteiger partial charge in [0.05, 0.1) is 12.6 Å². The van der Waals surface area contributed by atoms with E-state index in [1.807, 2.05) is 0 Å². The molecular weight excluding hydrogens is 158 g/mol. The van der Waals surface area contributed by atoms with Gasteiger partial charge in [-0.05, 0) is 6.07 Å². The monoisotopic (exact) mass is 165 g/mol. The molecule has 0 spiro atoms. The average Bonchev–Trinajstić information content (AvgIpc) is 2.47. The van der Waals surface area contributed by atoms with E-state index in [-0.39, 0.29) is 5.69 Å². The molecule has 0 unspecified atom stereocenters. The zero-order valence-electron chi connectivity index (χ0n) is 6.44. The summed E-state index contributed by atoms with van der Waals surface area (Å²) in [7, 11) is 1.51. The first-order chi connectivity index (χ1) is 5.81. The number of aromatic nitrogens is 3. The SMILES string of the molecule is COc1ccc2c[nH]c(=O)n2n1. The lowest BCUT2D eigenvalue weighted by atomic mass is 10.5. The summed E-state index contributed by atoms with van der Waals surface area (Å²) in [6.07, 6.45) is 1.59. The largest absolute Gasteiger partial charge is 0.480 e. The number of imidazole rings is 1. The number of rotatable bonds is 1. The predicted molar refractivity (Wildman–Crippen MR) is 42.4 cm³/mol. The summed E-state index contributed by atoms with van der Waals surface area (Å²) in [6.45, 7) is 0. The van der Waals surface area contributed by atoms with Gasteiger partial charge in [-0.15, -0.1) is 5.10 Å². The molecular formula is C7H7N3O2. The van der Waals surface area contributed by atoms with Gasteiger partial charge in [-0.3, -0.25) is 0 Å². The molecule has 1 N–H and O–H groups in total. The van der Waals surface area contributed by atoms with Crippen molar-refractivity contribution in [3.8, 4) is 5.88 Å². The molecule has 0 aliphatic rings. The van der Waals surface area contributed by atoms with Gasteiger partial charge in [0.1, 0.15) is 0 Å². The summed E-state index contributed by atoms with van der Waals surface area (Å²) in [5.41, 5.74) is 0.463. The Morgan fingerprint density at radius 1 is 1.58 bits per heavy atom. The van der Waals surface area contributed by atoms with Crippen LogP contribution in [0.4, 0.5) is 0 Å². The molecule has 62 valence electrons. The van der Waals surface area contributed by atoms with Crippen molar-refractivity contribution in [2.24, 2.45) is 0 Å². The van der Waals surface area contributed by atoms with Gasteiger partial charge in [0.25, 0.3) is 0 Å². The Kier molecular flexibility index (Phi) is 1.36. The van der Waals surface area contributed by atoms with E-state index in [2.05, 4.69) is 10.1 Å². The van der Waals surface area contributed by atoms with Crippen LogP contribution in [-0.4, -0.2) is 21.7 Å². The number of ether oxygens (including phenoxy) is 1. The Hall–Kier alpha value is -1.78. The molecule has 0 aliphatic carbocycles. The molecule has 0 saturated heterocycles. The van der Waals surface area contributed by atoms with Crippen molar-refractivity contribution in [2.45, 2.75) is 0 Å². The number of hydrogen-bond donors (Lipinski definition) is 1. The van der Waals surface area contributed by atoms with Gasteiger partial charge in [0, 0.05) is 12.3 Å². The Morgan fingerprint density at radius 3 is 3.17 bits per heavy atom. The normalized spacial score (nSPS) is 10.4. The van der Waals surface area contributed by atoms with Crippen LogP contribution < -0.4 is 10.4 Å². The van der Waals surface area contributed by atoms with E-state index in [0.29, 0.717) is 5.88 Å². The van der Waals surface area contributed by atoms with E-state index in [4.69, 9.17) is 4.74 Å². The smallest absolute Gasteiger partial charge is 0.346 e. The molecule has 0 saturated carbocycles. The highest BCUT2D eigenvalue weighted by atomic mass is 16.5. The summed E-state index contributed by atoms with van der Waals surface area (Å²) in [5, 5.41) is 3.90. The molecule has 2 heterocycles. The lowest BCUT2D eigenvalue weighted by molar-refractivity contribution is 0.389. The zero-order chi connectivity index (χ0) is 8.55. The number of aromatic amines is 1. The molecule has 0 radical (unpaired) electrons. The van der Waals surface area contributed by atoms with Crippen LogP contribution in [0.1, 0.15) is 0 Å².